The number of hydrogen-bond acceptors (Lipinski definition) is 5. The molecule has 1 aliphatic rings. The first-order chi connectivity index (χ1) is 11.7. The Kier molecular flexibility index (Phi) is 6.39. The zero-order chi connectivity index (χ0) is 18.6. The van der Waals surface area contributed by atoms with Crippen LogP contribution in [0.5, 0.6) is 0 Å². The largest absolute Gasteiger partial charge is 0.480 e. The van der Waals surface area contributed by atoms with Crippen LogP contribution in [0.1, 0.15) is 10.4 Å². The van der Waals surface area contributed by atoms with Gasteiger partial charge in [0, 0.05) is 30.2 Å². The number of rotatable bonds is 6. The van der Waals surface area contributed by atoms with Crippen molar-refractivity contribution in [2.45, 2.75) is 6.10 Å². The topological polar surface area (TPSA) is 104 Å². The number of amides is 1. The third kappa shape index (κ3) is 5.67. The molecule has 0 aromatic heterocycles. The SMILES string of the molecule is CS(=O)(=O)N(CC(=O)O)CC1CN(C(=O)c2cccc(Cl)c2)CCO1. The maximum absolute atomic E-state index is 12.5. The van der Waals surface area contributed by atoms with Crippen molar-refractivity contribution in [1.82, 2.24) is 9.21 Å². The molecule has 1 amide bonds. The third-order valence-corrected chi connectivity index (χ3v) is 5.14. The van der Waals surface area contributed by atoms with E-state index in [0.717, 1.165) is 10.6 Å². The van der Waals surface area contributed by atoms with E-state index in [4.69, 9.17) is 21.4 Å². The van der Waals surface area contributed by atoms with Crippen molar-refractivity contribution in [2.24, 2.45) is 0 Å². The first-order valence-corrected chi connectivity index (χ1v) is 9.73. The van der Waals surface area contributed by atoms with Crippen LogP contribution >= 0.6 is 11.6 Å². The molecule has 0 radical (unpaired) electrons. The van der Waals surface area contributed by atoms with Crippen LogP contribution < -0.4 is 0 Å². The van der Waals surface area contributed by atoms with E-state index in [0.29, 0.717) is 17.1 Å². The van der Waals surface area contributed by atoms with Gasteiger partial charge in [-0.25, -0.2) is 8.42 Å². The molecule has 1 N–H and O–H groups in total. The summed E-state index contributed by atoms with van der Waals surface area (Å²) in [5.74, 6) is -1.49. The second kappa shape index (κ2) is 8.13. The number of carbonyl (C=O) groups excluding carboxylic acids is 1. The molecular formula is C15H19ClN2O6S. The van der Waals surface area contributed by atoms with E-state index >= 15 is 0 Å². The summed E-state index contributed by atoms with van der Waals surface area (Å²) in [7, 11) is -3.70. The average molecular weight is 391 g/mol. The number of halogens is 1. The number of carbonyl (C=O) groups is 2. The van der Waals surface area contributed by atoms with E-state index in [9.17, 15) is 18.0 Å². The summed E-state index contributed by atoms with van der Waals surface area (Å²) in [4.78, 5) is 25.0. The normalized spacial score (nSPS) is 18.4. The van der Waals surface area contributed by atoms with E-state index in [2.05, 4.69) is 0 Å². The summed E-state index contributed by atoms with van der Waals surface area (Å²) in [6.45, 7) is -0.0241. The molecule has 8 nitrogen and oxygen atoms in total. The lowest BCUT2D eigenvalue weighted by atomic mass is 10.1. The summed E-state index contributed by atoms with van der Waals surface area (Å²) >= 11 is 5.90. The highest BCUT2D eigenvalue weighted by atomic mass is 35.5. The Hall–Kier alpha value is -1.68. The molecule has 10 heteroatoms. The number of nitrogens with zero attached hydrogens (tertiary/aromatic N) is 2. The van der Waals surface area contributed by atoms with E-state index in [1.807, 2.05) is 0 Å². The summed E-state index contributed by atoms with van der Waals surface area (Å²) in [5.41, 5.74) is 0.429. The van der Waals surface area contributed by atoms with Crippen LogP contribution in [-0.4, -0.2) is 79.8 Å². The van der Waals surface area contributed by atoms with E-state index in [1.165, 1.54) is 0 Å². The van der Waals surface area contributed by atoms with Crippen molar-refractivity contribution in [2.75, 3.05) is 39.0 Å². The fraction of sp³-hybridized carbons (Fsp3) is 0.467. The Morgan fingerprint density at radius 1 is 1.44 bits per heavy atom. The van der Waals surface area contributed by atoms with Crippen molar-refractivity contribution in [3.63, 3.8) is 0 Å². The predicted octanol–water partition coefficient (Wildman–Crippen LogP) is 0.527. The molecule has 0 spiro atoms. The van der Waals surface area contributed by atoms with Gasteiger partial charge in [0.15, 0.2) is 0 Å². The summed E-state index contributed by atoms with van der Waals surface area (Å²) in [6.07, 6.45) is 0.333. The highest BCUT2D eigenvalue weighted by Crippen LogP contribution is 2.16. The minimum absolute atomic E-state index is 0.134. The van der Waals surface area contributed by atoms with Crippen molar-refractivity contribution >= 4 is 33.5 Å². The Morgan fingerprint density at radius 3 is 2.76 bits per heavy atom. The standard InChI is InChI=1S/C15H19ClN2O6S/c1-25(22,23)18(10-14(19)20)9-13-8-17(5-6-24-13)15(21)11-3-2-4-12(16)7-11/h2-4,7,13H,5-6,8-10H2,1H3,(H,19,20). The van der Waals surface area contributed by atoms with Gasteiger partial charge < -0.3 is 14.7 Å². The zero-order valence-electron chi connectivity index (χ0n) is 13.6. The van der Waals surface area contributed by atoms with Gasteiger partial charge >= 0.3 is 5.97 Å². The molecule has 1 saturated heterocycles. The number of ether oxygens (including phenoxy) is 1. The number of carboxylic acid groups (broad SMARTS) is 1. The van der Waals surface area contributed by atoms with Gasteiger partial charge in [-0.15, -0.1) is 0 Å². The van der Waals surface area contributed by atoms with Crippen LogP contribution in [0, 0.1) is 0 Å². The molecule has 1 aliphatic heterocycles. The van der Waals surface area contributed by atoms with Crippen LogP contribution in [0.4, 0.5) is 0 Å². The Labute approximate surface area is 151 Å². The first kappa shape index (κ1) is 19.6. The van der Waals surface area contributed by atoms with Crippen LogP contribution in [0.3, 0.4) is 0 Å². The van der Waals surface area contributed by atoms with Gasteiger partial charge in [0.1, 0.15) is 6.54 Å². The van der Waals surface area contributed by atoms with Crippen molar-refractivity contribution < 1.29 is 27.9 Å². The Bertz CT molecular complexity index is 754. The molecule has 138 valence electrons. The molecule has 1 aromatic rings. The van der Waals surface area contributed by atoms with Gasteiger partial charge in [0.25, 0.3) is 5.91 Å². The maximum atomic E-state index is 12.5. The zero-order valence-corrected chi connectivity index (χ0v) is 15.2. The molecule has 2 rings (SSSR count). The predicted molar refractivity (Wildman–Crippen MR) is 91.1 cm³/mol. The van der Waals surface area contributed by atoms with Crippen molar-refractivity contribution in [3.8, 4) is 0 Å². The highest BCUT2D eigenvalue weighted by molar-refractivity contribution is 7.88. The number of sulfonamides is 1. The van der Waals surface area contributed by atoms with Crippen molar-refractivity contribution in [3.05, 3.63) is 34.9 Å². The lowest BCUT2D eigenvalue weighted by molar-refractivity contribution is -0.137. The molecule has 1 aromatic carbocycles. The monoisotopic (exact) mass is 390 g/mol. The lowest BCUT2D eigenvalue weighted by Gasteiger charge is -2.35. The first-order valence-electron chi connectivity index (χ1n) is 7.50. The smallest absolute Gasteiger partial charge is 0.318 e. The van der Waals surface area contributed by atoms with Crippen LogP contribution in [0.2, 0.25) is 5.02 Å². The number of benzene rings is 1. The minimum atomic E-state index is -3.70. The van der Waals surface area contributed by atoms with Crippen molar-refractivity contribution in [1.29, 1.82) is 0 Å². The number of aliphatic carboxylic acids is 1. The second-order valence-corrected chi connectivity index (χ2v) is 8.12. The van der Waals surface area contributed by atoms with Gasteiger partial charge in [0.05, 0.1) is 19.0 Å². The minimum Gasteiger partial charge on any atom is -0.480 e. The van der Waals surface area contributed by atoms with Crippen LogP contribution in [0.25, 0.3) is 0 Å². The molecule has 1 atom stereocenters. The van der Waals surface area contributed by atoms with E-state index in [-0.39, 0.29) is 25.6 Å². The van der Waals surface area contributed by atoms with Crippen LogP contribution in [0.15, 0.2) is 24.3 Å². The lowest BCUT2D eigenvalue weighted by Crippen LogP contribution is -2.51. The second-order valence-electron chi connectivity index (χ2n) is 5.70. The molecule has 0 aliphatic carbocycles. The quantitative estimate of drug-likeness (QED) is 0.759. The molecule has 25 heavy (non-hydrogen) atoms. The van der Waals surface area contributed by atoms with Gasteiger partial charge in [-0.3, -0.25) is 9.59 Å². The fourth-order valence-electron chi connectivity index (χ4n) is 2.51. The molecule has 1 unspecified atom stereocenters. The number of morpholine rings is 1. The number of hydrogen-bond donors (Lipinski definition) is 1. The van der Waals surface area contributed by atoms with Gasteiger partial charge in [-0.1, -0.05) is 17.7 Å². The van der Waals surface area contributed by atoms with E-state index < -0.39 is 28.6 Å². The van der Waals surface area contributed by atoms with Gasteiger partial charge in [0.2, 0.25) is 10.0 Å². The molecule has 0 bridgehead atoms. The molecular weight excluding hydrogens is 372 g/mol. The number of carboxylic acids is 1. The molecule has 1 fully saturated rings. The maximum Gasteiger partial charge on any atom is 0.318 e. The Morgan fingerprint density at radius 2 is 2.16 bits per heavy atom. The molecule has 1 heterocycles. The highest BCUT2D eigenvalue weighted by Gasteiger charge is 2.30. The van der Waals surface area contributed by atoms with Crippen LogP contribution in [-0.2, 0) is 19.6 Å². The molecule has 0 saturated carbocycles. The fourth-order valence-corrected chi connectivity index (χ4v) is 3.49. The van der Waals surface area contributed by atoms with E-state index in [1.54, 1.807) is 29.2 Å². The third-order valence-electron chi connectivity index (χ3n) is 3.69. The summed E-state index contributed by atoms with van der Waals surface area (Å²) < 4.78 is 29.8. The van der Waals surface area contributed by atoms with Gasteiger partial charge in [-0.2, -0.15) is 4.31 Å². The summed E-state index contributed by atoms with van der Waals surface area (Å²) in [6, 6.07) is 6.54. The van der Waals surface area contributed by atoms with Gasteiger partial charge in [-0.05, 0) is 18.2 Å². The summed E-state index contributed by atoms with van der Waals surface area (Å²) in [5, 5.41) is 9.31. The average Bonchev–Trinajstić information content (AvgIpc) is 2.52. The Balaban J connectivity index is 2.07.